The van der Waals surface area contributed by atoms with Gasteiger partial charge < -0.3 is 19.5 Å². The van der Waals surface area contributed by atoms with E-state index >= 15 is 0 Å². The Hall–Kier alpha value is -2.76. The molecule has 1 aliphatic heterocycles. The topological polar surface area (TPSA) is 65.6 Å². The summed E-state index contributed by atoms with van der Waals surface area (Å²) in [6.07, 6.45) is 0.765. The molecule has 2 heterocycles. The molecule has 0 spiro atoms. The minimum Gasteiger partial charge on any atom is -0.497 e. The minimum absolute atomic E-state index is 0.0902. The lowest BCUT2D eigenvalue weighted by Gasteiger charge is -2.35. The van der Waals surface area contributed by atoms with E-state index in [9.17, 15) is 9.59 Å². The lowest BCUT2D eigenvalue weighted by molar-refractivity contribution is -0.138. The van der Waals surface area contributed by atoms with Crippen molar-refractivity contribution in [3.8, 4) is 5.75 Å². The van der Waals surface area contributed by atoms with Gasteiger partial charge in [0.15, 0.2) is 0 Å². The van der Waals surface area contributed by atoms with E-state index in [1.807, 2.05) is 54.0 Å². The van der Waals surface area contributed by atoms with Gasteiger partial charge in [-0.3, -0.25) is 9.59 Å². The molecule has 1 saturated heterocycles. The Kier molecular flexibility index (Phi) is 5.84. The van der Waals surface area contributed by atoms with Crippen LogP contribution in [0.4, 0.5) is 0 Å². The van der Waals surface area contributed by atoms with Crippen molar-refractivity contribution in [3.63, 3.8) is 0 Å². The molecule has 6 heteroatoms. The fourth-order valence-corrected chi connectivity index (χ4v) is 3.51. The Balaban J connectivity index is 1.51. The number of hydrogen-bond acceptors (Lipinski definition) is 3. The number of benzene rings is 1. The normalized spacial score (nSPS) is 14.3. The van der Waals surface area contributed by atoms with Gasteiger partial charge in [-0.25, -0.2) is 0 Å². The maximum absolute atomic E-state index is 12.6. The van der Waals surface area contributed by atoms with Gasteiger partial charge in [-0.2, -0.15) is 0 Å². The summed E-state index contributed by atoms with van der Waals surface area (Å²) in [5.74, 6) is 0.968. The van der Waals surface area contributed by atoms with E-state index in [1.165, 1.54) is 0 Å². The summed E-state index contributed by atoms with van der Waals surface area (Å²) in [4.78, 5) is 32.1. The van der Waals surface area contributed by atoms with Crippen LogP contribution < -0.4 is 4.74 Å². The van der Waals surface area contributed by atoms with Crippen LogP contribution in [0.1, 0.15) is 22.5 Å². The molecule has 0 saturated carbocycles. The zero-order valence-corrected chi connectivity index (χ0v) is 16.2. The zero-order chi connectivity index (χ0) is 19.4. The van der Waals surface area contributed by atoms with E-state index in [1.54, 1.807) is 7.11 Å². The third-order valence-electron chi connectivity index (χ3n) is 5.07. The van der Waals surface area contributed by atoms with Crippen molar-refractivity contribution < 1.29 is 14.3 Å². The molecule has 3 rings (SSSR count). The number of amides is 2. The predicted octanol–water partition coefficient (Wildman–Crippen LogP) is 2.10. The van der Waals surface area contributed by atoms with E-state index in [2.05, 4.69) is 4.98 Å². The highest BCUT2D eigenvalue weighted by atomic mass is 16.5. The molecule has 1 aromatic heterocycles. The Morgan fingerprint density at radius 2 is 1.63 bits per heavy atom. The van der Waals surface area contributed by atoms with Crippen molar-refractivity contribution in [2.24, 2.45) is 0 Å². The van der Waals surface area contributed by atoms with Crippen LogP contribution in [0.2, 0.25) is 0 Å². The summed E-state index contributed by atoms with van der Waals surface area (Å²) in [7, 11) is 1.62. The number of nitrogens with zero attached hydrogens (tertiary/aromatic N) is 2. The molecule has 1 N–H and O–H groups in total. The van der Waals surface area contributed by atoms with E-state index in [-0.39, 0.29) is 11.8 Å². The second kappa shape index (κ2) is 8.29. The molecule has 2 aromatic rings. The fourth-order valence-electron chi connectivity index (χ4n) is 3.51. The zero-order valence-electron chi connectivity index (χ0n) is 16.2. The van der Waals surface area contributed by atoms with Crippen LogP contribution in [-0.2, 0) is 22.4 Å². The number of aromatic amines is 1. The number of methoxy groups -OCH3 is 1. The third-order valence-corrected chi connectivity index (χ3v) is 5.07. The van der Waals surface area contributed by atoms with Crippen molar-refractivity contribution in [1.29, 1.82) is 0 Å². The van der Waals surface area contributed by atoms with Crippen molar-refractivity contribution in [1.82, 2.24) is 14.8 Å². The Morgan fingerprint density at radius 1 is 1.00 bits per heavy atom. The summed E-state index contributed by atoms with van der Waals surface area (Å²) in [5.41, 5.74) is 4.11. The van der Waals surface area contributed by atoms with Gasteiger partial charge in [-0.15, -0.1) is 0 Å². The van der Waals surface area contributed by atoms with Gasteiger partial charge in [0.1, 0.15) is 5.75 Å². The van der Waals surface area contributed by atoms with Crippen molar-refractivity contribution in [2.75, 3.05) is 33.3 Å². The summed E-state index contributed by atoms with van der Waals surface area (Å²) in [6, 6.07) is 9.61. The largest absolute Gasteiger partial charge is 0.497 e. The number of carbonyl (C=O) groups is 2. The second-order valence-electron chi connectivity index (χ2n) is 7.07. The van der Waals surface area contributed by atoms with Gasteiger partial charge in [-0.1, -0.05) is 12.1 Å². The number of hydrogen-bond donors (Lipinski definition) is 1. The maximum Gasteiger partial charge on any atom is 0.227 e. The number of H-pyrrole nitrogens is 1. The molecule has 0 unspecified atom stereocenters. The number of aromatic nitrogens is 1. The highest BCUT2D eigenvalue weighted by molar-refractivity contribution is 5.81. The molecule has 144 valence electrons. The minimum atomic E-state index is 0.0902. The summed E-state index contributed by atoms with van der Waals surface area (Å²) >= 11 is 0. The van der Waals surface area contributed by atoms with Crippen molar-refractivity contribution >= 4 is 11.8 Å². The number of rotatable bonds is 5. The monoisotopic (exact) mass is 369 g/mol. The molecule has 1 fully saturated rings. The number of ether oxygens (including phenoxy) is 1. The van der Waals surface area contributed by atoms with Gasteiger partial charge in [0.05, 0.1) is 20.0 Å². The summed E-state index contributed by atoms with van der Waals surface area (Å²) < 4.78 is 5.21. The molecule has 2 amide bonds. The van der Waals surface area contributed by atoms with Crippen LogP contribution in [0.25, 0.3) is 0 Å². The number of aryl methyl sites for hydroxylation is 2. The highest BCUT2D eigenvalue weighted by Gasteiger charge is 2.24. The molecular formula is C21H27N3O3. The van der Waals surface area contributed by atoms with E-state index in [4.69, 9.17) is 4.74 Å². The molecule has 0 atom stereocenters. The van der Waals surface area contributed by atoms with Gasteiger partial charge in [0.2, 0.25) is 11.8 Å². The summed E-state index contributed by atoms with van der Waals surface area (Å²) in [6.45, 7) is 6.33. The third kappa shape index (κ3) is 4.70. The maximum atomic E-state index is 12.6. The first kappa shape index (κ1) is 19.0. The number of carbonyl (C=O) groups excluding carboxylic acids is 2. The van der Waals surface area contributed by atoms with E-state index in [0.29, 0.717) is 39.0 Å². The Bertz CT molecular complexity index is 820. The van der Waals surface area contributed by atoms with Crippen LogP contribution in [0.3, 0.4) is 0 Å². The Morgan fingerprint density at radius 3 is 2.19 bits per heavy atom. The summed E-state index contributed by atoms with van der Waals surface area (Å²) in [5, 5.41) is 0. The smallest absolute Gasteiger partial charge is 0.227 e. The van der Waals surface area contributed by atoms with Crippen LogP contribution >= 0.6 is 0 Å². The first-order chi connectivity index (χ1) is 13.0. The van der Waals surface area contributed by atoms with Gasteiger partial charge in [-0.05, 0) is 43.2 Å². The number of nitrogens with one attached hydrogen (secondary N) is 1. The lowest BCUT2D eigenvalue weighted by atomic mass is 10.1. The van der Waals surface area contributed by atoms with E-state index in [0.717, 1.165) is 28.3 Å². The number of piperazine rings is 1. The van der Waals surface area contributed by atoms with Crippen molar-refractivity contribution in [3.05, 3.63) is 52.8 Å². The molecule has 0 aliphatic carbocycles. The Labute approximate surface area is 160 Å². The lowest BCUT2D eigenvalue weighted by Crippen LogP contribution is -2.51. The molecule has 27 heavy (non-hydrogen) atoms. The molecule has 0 radical (unpaired) electrons. The van der Waals surface area contributed by atoms with Gasteiger partial charge in [0.25, 0.3) is 0 Å². The van der Waals surface area contributed by atoms with E-state index < -0.39 is 0 Å². The predicted molar refractivity (Wildman–Crippen MR) is 104 cm³/mol. The van der Waals surface area contributed by atoms with Crippen LogP contribution in [-0.4, -0.2) is 59.9 Å². The van der Waals surface area contributed by atoms with Gasteiger partial charge >= 0.3 is 0 Å². The van der Waals surface area contributed by atoms with Crippen molar-refractivity contribution in [2.45, 2.75) is 26.7 Å². The average Bonchev–Trinajstić information content (AvgIpc) is 2.98. The average molecular weight is 369 g/mol. The van der Waals surface area contributed by atoms with Gasteiger partial charge in [0, 0.05) is 37.6 Å². The fraction of sp³-hybridized carbons (Fsp3) is 0.429. The first-order valence-electron chi connectivity index (χ1n) is 9.30. The molecule has 0 bridgehead atoms. The van der Waals surface area contributed by atoms with Crippen LogP contribution in [0.5, 0.6) is 5.75 Å². The molecular weight excluding hydrogens is 342 g/mol. The molecule has 6 nitrogen and oxygen atoms in total. The SMILES string of the molecule is COc1cccc(CC(=O)N2CCN(C(=O)Cc3cc(C)[nH]c3C)CC2)c1. The molecule has 1 aromatic carbocycles. The standard InChI is InChI=1S/C21H27N3O3/c1-15-11-18(16(2)22-15)14-21(26)24-9-7-23(8-10-24)20(25)13-17-5-4-6-19(12-17)27-3/h4-6,11-12,22H,7-10,13-14H2,1-3H3. The van der Waals surface area contributed by atoms with Crippen LogP contribution in [0.15, 0.2) is 30.3 Å². The second-order valence-corrected chi connectivity index (χ2v) is 7.07. The quantitative estimate of drug-likeness (QED) is 0.878. The highest BCUT2D eigenvalue weighted by Crippen LogP contribution is 2.15. The van der Waals surface area contributed by atoms with Crippen LogP contribution in [0, 0.1) is 13.8 Å². The first-order valence-corrected chi connectivity index (χ1v) is 9.30. The molecule has 1 aliphatic rings.